The first-order valence-corrected chi connectivity index (χ1v) is 9.59. The molecule has 0 fully saturated rings. The fourth-order valence-corrected chi connectivity index (χ4v) is 3.39. The smallest absolute Gasteiger partial charge is 0.258 e. The van der Waals surface area contributed by atoms with Crippen molar-refractivity contribution in [2.45, 2.75) is 11.4 Å². The van der Waals surface area contributed by atoms with E-state index in [0.29, 0.717) is 5.56 Å². The Kier molecular flexibility index (Phi) is 5.76. The van der Waals surface area contributed by atoms with E-state index >= 15 is 0 Å². The van der Waals surface area contributed by atoms with Gasteiger partial charge in [-0.3, -0.25) is 9.78 Å². The molecule has 0 aliphatic heterocycles. The highest BCUT2D eigenvalue weighted by Gasteiger charge is 2.18. The quantitative estimate of drug-likeness (QED) is 0.662. The number of hydrogen-bond donors (Lipinski definition) is 2. The van der Waals surface area contributed by atoms with Crippen LogP contribution in [0.5, 0.6) is 0 Å². The van der Waals surface area contributed by atoms with Crippen LogP contribution in [0.4, 0.5) is 14.5 Å². The zero-order valence-corrected chi connectivity index (χ0v) is 15.2. The number of pyridine rings is 1. The molecule has 2 N–H and O–H groups in total. The molecule has 144 valence electrons. The van der Waals surface area contributed by atoms with Crippen LogP contribution in [-0.4, -0.2) is 19.3 Å². The predicted molar refractivity (Wildman–Crippen MR) is 99.0 cm³/mol. The number of rotatable bonds is 6. The first-order chi connectivity index (χ1) is 13.4. The van der Waals surface area contributed by atoms with E-state index in [-0.39, 0.29) is 22.7 Å². The van der Waals surface area contributed by atoms with E-state index in [1.54, 1.807) is 18.3 Å². The Morgan fingerprint density at radius 3 is 2.46 bits per heavy atom. The fraction of sp³-hybridized carbons (Fsp3) is 0.0526. The van der Waals surface area contributed by atoms with Crippen molar-refractivity contribution >= 4 is 21.6 Å². The summed E-state index contributed by atoms with van der Waals surface area (Å²) in [5, 5.41) is 2.23. The summed E-state index contributed by atoms with van der Waals surface area (Å²) in [7, 11) is -3.98. The van der Waals surface area contributed by atoms with Crippen LogP contribution in [0.3, 0.4) is 0 Å². The van der Waals surface area contributed by atoms with Crippen molar-refractivity contribution in [2.75, 3.05) is 5.32 Å². The van der Waals surface area contributed by atoms with Gasteiger partial charge in [0.15, 0.2) is 0 Å². The Bertz CT molecular complexity index is 1110. The highest BCUT2D eigenvalue weighted by Crippen LogP contribution is 2.20. The molecule has 0 saturated heterocycles. The van der Waals surface area contributed by atoms with Crippen molar-refractivity contribution in [1.82, 2.24) is 9.71 Å². The maximum absolute atomic E-state index is 14.3. The Labute approximate surface area is 160 Å². The summed E-state index contributed by atoms with van der Waals surface area (Å²) in [6, 6.07) is 11.6. The van der Waals surface area contributed by atoms with Crippen LogP contribution in [0.15, 0.2) is 71.9 Å². The summed E-state index contributed by atoms with van der Waals surface area (Å²) in [5.74, 6) is -2.56. The third kappa shape index (κ3) is 4.56. The molecule has 0 atom stereocenters. The van der Waals surface area contributed by atoms with Gasteiger partial charge in [-0.15, -0.1) is 0 Å². The maximum atomic E-state index is 14.3. The molecule has 0 spiro atoms. The second-order valence-corrected chi connectivity index (χ2v) is 7.53. The molecule has 1 heterocycles. The van der Waals surface area contributed by atoms with Crippen LogP contribution in [0.1, 0.15) is 15.9 Å². The average molecular weight is 403 g/mol. The number of hydrogen-bond acceptors (Lipinski definition) is 4. The minimum atomic E-state index is -3.98. The topological polar surface area (TPSA) is 88.2 Å². The van der Waals surface area contributed by atoms with Crippen molar-refractivity contribution in [1.29, 1.82) is 0 Å². The fourth-order valence-electron chi connectivity index (χ4n) is 2.36. The zero-order chi connectivity index (χ0) is 20.1. The van der Waals surface area contributed by atoms with E-state index in [1.165, 1.54) is 24.4 Å². The molecule has 0 radical (unpaired) electrons. The number of carbonyl (C=O) groups is 1. The number of benzene rings is 2. The molecule has 0 bridgehead atoms. The lowest BCUT2D eigenvalue weighted by molar-refractivity contribution is 0.102. The SMILES string of the molecule is O=C(Nc1ccc(S(=O)(=O)NCc2cccnc2)cc1F)c1ccccc1F. The van der Waals surface area contributed by atoms with Gasteiger partial charge in [-0.25, -0.2) is 21.9 Å². The van der Waals surface area contributed by atoms with Crippen LogP contribution in [0.2, 0.25) is 0 Å². The maximum Gasteiger partial charge on any atom is 0.258 e. The second-order valence-electron chi connectivity index (χ2n) is 5.76. The number of sulfonamides is 1. The van der Waals surface area contributed by atoms with Gasteiger partial charge in [0.1, 0.15) is 11.6 Å². The monoisotopic (exact) mass is 403 g/mol. The van der Waals surface area contributed by atoms with Gasteiger partial charge in [0.2, 0.25) is 10.0 Å². The van der Waals surface area contributed by atoms with Crippen LogP contribution < -0.4 is 10.0 Å². The van der Waals surface area contributed by atoms with E-state index in [4.69, 9.17) is 0 Å². The lowest BCUT2D eigenvalue weighted by Crippen LogP contribution is -2.23. The Balaban J connectivity index is 1.74. The minimum absolute atomic E-state index is 0.0104. The number of nitrogens with one attached hydrogen (secondary N) is 2. The molecule has 1 aromatic heterocycles. The van der Waals surface area contributed by atoms with Crippen LogP contribution >= 0.6 is 0 Å². The first-order valence-electron chi connectivity index (χ1n) is 8.11. The zero-order valence-electron chi connectivity index (χ0n) is 14.4. The van der Waals surface area contributed by atoms with Gasteiger partial charge in [0, 0.05) is 18.9 Å². The van der Waals surface area contributed by atoms with Crippen LogP contribution in [-0.2, 0) is 16.6 Å². The molecular weight excluding hydrogens is 388 g/mol. The molecular formula is C19H15F2N3O3S. The Morgan fingerprint density at radius 2 is 1.79 bits per heavy atom. The number of aromatic nitrogens is 1. The van der Waals surface area contributed by atoms with Crippen LogP contribution in [0.25, 0.3) is 0 Å². The lowest BCUT2D eigenvalue weighted by Gasteiger charge is -2.10. The molecule has 3 aromatic rings. The lowest BCUT2D eigenvalue weighted by atomic mass is 10.2. The second kappa shape index (κ2) is 8.24. The molecule has 0 aliphatic rings. The molecule has 28 heavy (non-hydrogen) atoms. The van der Waals surface area contributed by atoms with Gasteiger partial charge >= 0.3 is 0 Å². The van der Waals surface area contributed by atoms with Gasteiger partial charge in [-0.2, -0.15) is 0 Å². The van der Waals surface area contributed by atoms with Crippen molar-refractivity contribution in [3.8, 4) is 0 Å². The normalized spacial score (nSPS) is 11.2. The Hall–Kier alpha value is -3.17. The highest BCUT2D eigenvalue weighted by molar-refractivity contribution is 7.89. The van der Waals surface area contributed by atoms with Crippen molar-refractivity contribution in [3.05, 3.63) is 89.8 Å². The Morgan fingerprint density at radius 1 is 1.00 bits per heavy atom. The molecule has 0 unspecified atom stereocenters. The summed E-state index contributed by atoms with van der Waals surface area (Å²) >= 11 is 0. The molecule has 2 aromatic carbocycles. The number of nitrogens with zero attached hydrogens (tertiary/aromatic N) is 1. The summed E-state index contributed by atoms with van der Waals surface area (Å²) < 4.78 is 54.9. The molecule has 0 aliphatic carbocycles. The first kappa shape index (κ1) is 19.6. The molecule has 6 nitrogen and oxygen atoms in total. The van der Waals surface area contributed by atoms with Gasteiger partial charge in [0.05, 0.1) is 16.1 Å². The van der Waals surface area contributed by atoms with Crippen molar-refractivity contribution in [3.63, 3.8) is 0 Å². The molecule has 1 amide bonds. The summed E-state index contributed by atoms with van der Waals surface area (Å²) in [4.78, 5) is 15.6. The summed E-state index contributed by atoms with van der Waals surface area (Å²) in [5.41, 5.74) is 0.122. The summed E-state index contributed by atoms with van der Waals surface area (Å²) in [6.07, 6.45) is 3.06. The summed E-state index contributed by atoms with van der Waals surface area (Å²) in [6.45, 7) is -0.0104. The number of anilines is 1. The standard InChI is InChI=1S/C19H15F2N3O3S/c20-16-6-2-1-5-15(16)19(25)24-18-8-7-14(10-17(18)21)28(26,27)23-12-13-4-3-9-22-11-13/h1-11,23H,12H2,(H,24,25). The molecule has 9 heteroatoms. The highest BCUT2D eigenvalue weighted by atomic mass is 32.2. The number of amides is 1. The third-order valence-electron chi connectivity index (χ3n) is 3.81. The van der Waals surface area contributed by atoms with Crippen LogP contribution in [0, 0.1) is 11.6 Å². The van der Waals surface area contributed by atoms with E-state index in [9.17, 15) is 22.0 Å². The largest absolute Gasteiger partial charge is 0.319 e. The van der Waals surface area contributed by atoms with E-state index in [1.807, 2.05) is 0 Å². The number of carbonyl (C=O) groups excluding carboxylic acids is 1. The number of halogens is 2. The van der Waals surface area contributed by atoms with Gasteiger partial charge < -0.3 is 5.32 Å². The van der Waals surface area contributed by atoms with Gasteiger partial charge in [-0.05, 0) is 42.0 Å². The van der Waals surface area contributed by atoms with E-state index in [2.05, 4.69) is 15.0 Å². The average Bonchev–Trinajstić information content (AvgIpc) is 2.69. The molecule has 0 saturated carbocycles. The molecule has 3 rings (SSSR count). The minimum Gasteiger partial charge on any atom is -0.319 e. The third-order valence-corrected chi connectivity index (χ3v) is 5.21. The van der Waals surface area contributed by atoms with E-state index in [0.717, 1.165) is 24.3 Å². The van der Waals surface area contributed by atoms with Gasteiger partial charge in [0.25, 0.3) is 5.91 Å². The van der Waals surface area contributed by atoms with Gasteiger partial charge in [-0.1, -0.05) is 18.2 Å². The van der Waals surface area contributed by atoms with Crippen molar-refractivity contribution in [2.24, 2.45) is 0 Å². The predicted octanol–water partition coefficient (Wildman–Crippen LogP) is 3.09. The van der Waals surface area contributed by atoms with Crippen molar-refractivity contribution < 1.29 is 22.0 Å². The van der Waals surface area contributed by atoms with E-state index < -0.39 is 27.6 Å².